The number of likely N-dealkylation sites (tertiary alicyclic amines) is 1. The van der Waals surface area contributed by atoms with Gasteiger partial charge in [-0.1, -0.05) is 23.2 Å². The smallest absolute Gasteiger partial charge is 0.257 e. The van der Waals surface area contributed by atoms with Crippen LogP contribution in [0.15, 0.2) is 12.1 Å². The number of hydrogen-bond donors (Lipinski definition) is 0. The summed E-state index contributed by atoms with van der Waals surface area (Å²) in [4.78, 5) is 18.1. The van der Waals surface area contributed by atoms with E-state index in [1.807, 2.05) is 4.90 Å². The van der Waals surface area contributed by atoms with Crippen LogP contribution >= 0.6 is 23.2 Å². The van der Waals surface area contributed by atoms with Crippen LogP contribution in [0.2, 0.25) is 10.3 Å². The normalized spacial score (nSPS) is 18.5. The molecule has 5 heteroatoms. The van der Waals surface area contributed by atoms with Crippen LogP contribution in [0, 0.1) is 0 Å². The Balaban J connectivity index is 2.31. The number of carbonyl (C=O) groups is 1. The Morgan fingerprint density at radius 2 is 2.12 bits per heavy atom. The first-order valence-corrected chi connectivity index (χ1v) is 6.31. The summed E-state index contributed by atoms with van der Waals surface area (Å²) in [7, 11) is 0. The lowest BCUT2D eigenvalue weighted by Crippen LogP contribution is -2.42. The number of aromatic nitrogens is 1. The SMILES string of the molecule is CC1(C)CCCN1C(=O)c1ccc(Cl)nc1Cl. The van der Waals surface area contributed by atoms with Gasteiger partial charge in [-0.05, 0) is 38.8 Å². The number of nitrogens with zero attached hydrogens (tertiary/aromatic N) is 2. The molecule has 92 valence electrons. The molecule has 2 rings (SSSR count). The van der Waals surface area contributed by atoms with Crippen molar-refractivity contribution in [2.24, 2.45) is 0 Å². The molecule has 0 unspecified atom stereocenters. The number of pyridine rings is 1. The monoisotopic (exact) mass is 272 g/mol. The Morgan fingerprint density at radius 1 is 1.41 bits per heavy atom. The molecule has 0 spiro atoms. The van der Waals surface area contributed by atoms with Crippen molar-refractivity contribution in [3.8, 4) is 0 Å². The standard InChI is InChI=1S/C12H14Cl2N2O/c1-12(2)6-3-7-16(12)11(17)8-4-5-9(13)15-10(8)14/h4-5H,3,6-7H2,1-2H3. The minimum absolute atomic E-state index is 0.0679. The summed E-state index contributed by atoms with van der Waals surface area (Å²) in [5, 5.41) is 0.470. The van der Waals surface area contributed by atoms with E-state index in [1.165, 1.54) is 0 Å². The van der Waals surface area contributed by atoms with Crippen LogP contribution in [0.4, 0.5) is 0 Å². The molecule has 2 heterocycles. The summed E-state index contributed by atoms with van der Waals surface area (Å²) in [6.45, 7) is 4.90. The van der Waals surface area contributed by atoms with Crippen molar-refractivity contribution in [2.45, 2.75) is 32.2 Å². The van der Waals surface area contributed by atoms with Crippen LogP contribution in [0.5, 0.6) is 0 Å². The van der Waals surface area contributed by atoms with Gasteiger partial charge in [0.25, 0.3) is 5.91 Å². The van der Waals surface area contributed by atoms with Crippen LogP contribution in [0.1, 0.15) is 37.0 Å². The molecule has 1 aliphatic heterocycles. The van der Waals surface area contributed by atoms with Gasteiger partial charge in [0, 0.05) is 12.1 Å². The topological polar surface area (TPSA) is 33.2 Å². The molecule has 0 atom stereocenters. The van der Waals surface area contributed by atoms with Crippen LogP contribution in [0.3, 0.4) is 0 Å². The van der Waals surface area contributed by atoms with E-state index in [9.17, 15) is 4.79 Å². The summed E-state index contributed by atoms with van der Waals surface area (Å²) in [6, 6.07) is 3.22. The fraction of sp³-hybridized carbons (Fsp3) is 0.500. The average Bonchev–Trinajstić information content (AvgIpc) is 2.57. The van der Waals surface area contributed by atoms with Gasteiger partial charge in [0.1, 0.15) is 10.3 Å². The number of hydrogen-bond acceptors (Lipinski definition) is 2. The minimum Gasteiger partial charge on any atom is -0.333 e. The van der Waals surface area contributed by atoms with E-state index in [0.717, 1.165) is 19.4 Å². The lowest BCUT2D eigenvalue weighted by molar-refractivity contribution is 0.0652. The Bertz CT molecular complexity index is 460. The highest BCUT2D eigenvalue weighted by molar-refractivity contribution is 6.34. The number of rotatable bonds is 1. The summed E-state index contributed by atoms with van der Waals surface area (Å²) < 4.78 is 0. The molecule has 1 saturated heterocycles. The van der Waals surface area contributed by atoms with E-state index >= 15 is 0 Å². The van der Waals surface area contributed by atoms with Crippen LogP contribution in [-0.4, -0.2) is 27.9 Å². The first-order chi connectivity index (χ1) is 7.92. The molecule has 0 saturated carbocycles. The van der Waals surface area contributed by atoms with Gasteiger partial charge in [0.05, 0.1) is 5.56 Å². The summed E-state index contributed by atoms with van der Waals surface area (Å²) >= 11 is 11.7. The minimum atomic E-state index is -0.111. The molecule has 17 heavy (non-hydrogen) atoms. The second-order valence-electron chi connectivity index (χ2n) is 4.85. The van der Waals surface area contributed by atoms with Gasteiger partial charge >= 0.3 is 0 Å². The third-order valence-electron chi connectivity index (χ3n) is 3.19. The lowest BCUT2D eigenvalue weighted by atomic mass is 10.0. The summed E-state index contributed by atoms with van der Waals surface area (Å²) in [5.74, 6) is -0.0679. The first-order valence-electron chi connectivity index (χ1n) is 5.56. The molecule has 1 aromatic rings. The van der Waals surface area contributed by atoms with Gasteiger partial charge in [-0.25, -0.2) is 4.98 Å². The van der Waals surface area contributed by atoms with E-state index in [2.05, 4.69) is 18.8 Å². The maximum absolute atomic E-state index is 12.4. The zero-order valence-electron chi connectivity index (χ0n) is 9.83. The highest BCUT2D eigenvalue weighted by atomic mass is 35.5. The molecule has 0 aliphatic carbocycles. The summed E-state index contributed by atoms with van der Waals surface area (Å²) in [5.41, 5.74) is 0.311. The molecular weight excluding hydrogens is 259 g/mol. The Kier molecular flexibility index (Phi) is 3.32. The Labute approximate surface area is 111 Å². The number of carbonyl (C=O) groups excluding carboxylic acids is 1. The Morgan fingerprint density at radius 3 is 2.65 bits per heavy atom. The van der Waals surface area contributed by atoms with Gasteiger partial charge in [0.2, 0.25) is 0 Å². The molecule has 1 fully saturated rings. The highest BCUT2D eigenvalue weighted by Gasteiger charge is 2.36. The third kappa shape index (κ3) is 2.40. The van der Waals surface area contributed by atoms with E-state index in [-0.39, 0.29) is 16.6 Å². The second-order valence-corrected chi connectivity index (χ2v) is 5.59. The molecule has 3 nitrogen and oxygen atoms in total. The maximum atomic E-state index is 12.4. The fourth-order valence-corrected chi connectivity index (χ4v) is 2.63. The van der Waals surface area contributed by atoms with Gasteiger partial charge in [-0.3, -0.25) is 4.79 Å². The largest absolute Gasteiger partial charge is 0.333 e. The van der Waals surface area contributed by atoms with Crippen LogP contribution in [0.25, 0.3) is 0 Å². The van der Waals surface area contributed by atoms with Crippen molar-refractivity contribution in [3.05, 3.63) is 28.0 Å². The van der Waals surface area contributed by atoms with Gasteiger partial charge in [0.15, 0.2) is 0 Å². The molecule has 1 aromatic heterocycles. The van der Waals surface area contributed by atoms with Crippen molar-refractivity contribution in [3.63, 3.8) is 0 Å². The van der Waals surface area contributed by atoms with E-state index in [0.29, 0.717) is 10.7 Å². The fourth-order valence-electron chi connectivity index (χ4n) is 2.20. The Hall–Kier alpha value is -0.800. The second kappa shape index (κ2) is 4.46. The molecule has 0 bridgehead atoms. The number of halogens is 2. The van der Waals surface area contributed by atoms with Crippen LogP contribution < -0.4 is 0 Å². The quantitative estimate of drug-likeness (QED) is 0.735. The molecular formula is C12H14Cl2N2O. The van der Waals surface area contributed by atoms with E-state index in [4.69, 9.17) is 23.2 Å². The summed E-state index contributed by atoms with van der Waals surface area (Å²) in [6.07, 6.45) is 2.04. The predicted octanol–water partition coefficient (Wildman–Crippen LogP) is 3.40. The molecule has 1 amide bonds. The molecule has 0 N–H and O–H groups in total. The zero-order valence-corrected chi connectivity index (χ0v) is 11.3. The third-order valence-corrected chi connectivity index (χ3v) is 3.69. The van der Waals surface area contributed by atoms with Gasteiger partial charge < -0.3 is 4.90 Å². The predicted molar refractivity (Wildman–Crippen MR) is 68.6 cm³/mol. The van der Waals surface area contributed by atoms with Gasteiger partial charge in [-0.2, -0.15) is 0 Å². The van der Waals surface area contributed by atoms with Crippen molar-refractivity contribution in [1.82, 2.24) is 9.88 Å². The van der Waals surface area contributed by atoms with Crippen molar-refractivity contribution < 1.29 is 4.79 Å². The van der Waals surface area contributed by atoms with E-state index in [1.54, 1.807) is 12.1 Å². The lowest BCUT2D eigenvalue weighted by Gasteiger charge is -2.31. The number of amides is 1. The van der Waals surface area contributed by atoms with Crippen molar-refractivity contribution >= 4 is 29.1 Å². The van der Waals surface area contributed by atoms with Gasteiger partial charge in [-0.15, -0.1) is 0 Å². The van der Waals surface area contributed by atoms with E-state index < -0.39 is 0 Å². The average molecular weight is 273 g/mol. The molecule has 0 radical (unpaired) electrons. The van der Waals surface area contributed by atoms with Crippen molar-refractivity contribution in [1.29, 1.82) is 0 Å². The maximum Gasteiger partial charge on any atom is 0.257 e. The zero-order chi connectivity index (χ0) is 12.6. The molecule has 1 aliphatic rings. The highest BCUT2D eigenvalue weighted by Crippen LogP contribution is 2.31. The van der Waals surface area contributed by atoms with Crippen LogP contribution in [-0.2, 0) is 0 Å². The molecule has 0 aromatic carbocycles. The van der Waals surface area contributed by atoms with Crippen molar-refractivity contribution in [2.75, 3.05) is 6.54 Å². The first kappa shape index (κ1) is 12.7.